The zero-order valence-corrected chi connectivity index (χ0v) is 19.8. The van der Waals surface area contributed by atoms with Gasteiger partial charge in [0, 0.05) is 37.4 Å². The van der Waals surface area contributed by atoms with Crippen molar-refractivity contribution in [2.45, 2.75) is 24.8 Å². The maximum atomic E-state index is 13.0. The van der Waals surface area contributed by atoms with Crippen molar-refractivity contribution in [1.82, 2.24) is 9.21 Å². The maximum Gasteiger partial charge on any atom is 0.243 e. The second-order valence-electron chi connectivity index (χ2n) is 8.33. The number of para-hydroxylation sites is 1. The highest BCUT2D eigenvalue weighted by molar-refractivity contribution is 7.89. The predicted molar refractivity (Wildman–Crippen MR) is 131 cm³/mol. The lowest BCUT2D eigenvalue weighted by molar-refractivity contribution is -0.121. The van der Waals surface area contributed by atoms with E-state index in [0.717, 1.165) is 22.4 Å². The molecule has 1 atom stereocenters. The lowest BCUT2D eigenvalue weighted by atomic mass is 10.0. The van der Waals surface area contributed by atoms with Crippen LogP contribution in [0.15, 0.2) is 83.8 Å². The normalized spacial score (nSPS) is 16.3. The number of carbonyl (C=O) groups excluding carboxylic acids is 1. The molecule has 1 aliphatic rings. The third kappa shape index (κ3) is 5.16. The smallest absolute Gasteiger partial charge is 0.243 e. The molecule has 0 aliphatic carbocycles. The van der Waals surface area contributed by atoms with Crippen LogP contribution >= 0.6 is 0 Å². The Morgan fingerprint density at radius 1 is 0.848 bits per heavy atom. The first-order valence-electron chi connectivity index (χ1n) is 11.1. The van der Waals surface area contributed by atoms with Crippen LogP contribution in [0, 0.1) is 6.92 Å². The molecular formula is C26H29N3O3S. The molecule has 3 aromatic rings. The van der Waals surface area contributed by atoms with Gasteiger partial charge in [0.25, 0.3) is 0 Å². The Morgan fingerprint density at radius 3 is 2.12 bits per heavy atom. The van der Waals surface area contributed by atoms with Crippen molar-refractivity contribution in [3.05, 3.63) is 84.4 Å². The quantitative estimate of drug-likeness (QED) is 0.600. The molecule has 1 aliphatic heterocycles. The van der Waals surface area contributed by atoms with Gasteiger partial charge in [-0.1, -0.05) is 66.2 Å². The van der Waals surface area contributed by atoms with Crippen LogP contribution in [0.5, 0.6) is 0 Å². The Morgan fingerprint density at radius 2 is 1.45 bits per heavy atom. The highest BCUT2D eigenvalue weighted by Gasteiger charge is 2.32. The fourth-order valence-electron chi connectivity index (χ4n) is 4.06. The van der Waals surface area contributed by atoms with E-state index in [2.05, 4.69) is 5.32 Å². The number of piperazine rings is 1. The van der Waals surface area contributed by atoms with E-state index in [1.54, 1.807) is 12.1 Å². The van der Waals surface area contributed by atoms with Gasteiger partial charge < -0.3 is 5.32 Å². The molecule has 0 aromatic heterocycles. The van der Waals surface area contributed by atoms with Crippen LogP contribution in [0.25, 0.3) is 11.1 Å². The number of carbonyl (C=O) groups is 1. The van der Waals surface area contributed by atoms with Crippen molar-refractivity contribution < 1.29 is 13.2 Å². The minimum absolute atomic E-state index is 0.103. The van der Waals surface area contributed by atoms with Crippen molar-refractivity contribution in [3.8, 4) is 11.1 Å². The van der Waals surface area contributed by atoms with E-state index in [9.17, 15) is 13.2 Å². The van der Waals surface area contributed by atoms with Crippen LogP contribution in [0.4, 0.5) is 5.69 Å². The van der Waals surface area contributed by atoms with Gasteiger partial charge in [-0.25, -0.2) is 8.42 Å². The van der Waals surface area contributed by atoms with E-state index >= 15 is 0 Å². The lowest BCUT2D eigenvalue weighted by Crippen LogP contribution is -2.53. The molecule has 3 aromatic carbocycles. The number of hydrogen-bond donors (Lipinski definition) is 1. The van der Waals surface area contributed by atoms with Gasteiger partial charge in [-0.15, -0.1) is 0 Å². The molecule has 33 heavy (non-hydrogen) atoms. The van der Waals surface area contributed by atoms with Crippen LogP contribution in [-0.2, 0) is 14.8 Å². The molecule has 0 saturated carbocycles. The van der Waals surface area contributed by atoms with Crippen molar-refractivity contribution in [3.63, 3.8) is 0 Å². The summed E-state index contributed by atoms with van der Waals surface area (Å²) in [5.41, 5.74) is 3.79. The van der Waals surface area contributed by atoms with Crippen LogP contribution in [-0.4, -0.2) is 55.8 Å². The fraction of sp³-hybridized carbons (Fsp3) is 0.269. The van der Waals surface area contributed by atoms with Gasteiger partial charge in [0.15, 0.2) is 0 Å². The van der Waals surface area contributed by atoms with Gasteiger partial charge in [0.1, 0.15) is 0 Å². The molecule has 1 heterocycles. The molecule has 1 N–H and O–H groups in total. The Balaban J connectivity index is 1.40. The zero-order valence-electron chi connectivity index (χ0n) is 18.9. The average Bonchev–Trinajstić information content (AvgIpc) is 2.85. The Kier molecular flexibility index (Phi) is 6.93. The summed E-state index contributed by atoms with van der Waals surface area (Å²) in [5, 5.41) is 3.07. The third-order valence-corrected chi connectivity index (χ3v) is 8.04. The van der Waals surface area contributed by atoms with Gasteiger partial charge >= 0.3 is 0 Å². The summed E-state index contributed by atoms with van der Waals surface area (Å²) in [5.74, 6) is -0.103. The summed E-state index contributed by atoms with van der Waals surface area (Å²) in [6.07, 6.45) is 0. The van der Waals surface area contributed by atoms with Gasteiger partial charge in [0.05, 0.1) is 10.9 Å². The van der Waals surface area contributed by atoms with Crippen LogP contribution in [0.3, 0.4) is 0 Å². The maximum absolute atomic E-state index is 13.0. The predicted octanol–water partition coefficient (Wildman–Crippen LogP) is 4.00. The lowest BCUT2D eigenvalue weighted by Gasteiger charge is -2.36. The standard InChI is InChI=1S/C26H29N3O3S/c1-20-12-14-23(15-13-20)33(31,32)29-18-16-28(17-19-29)21(2)26(30)27-25-11-7-6-10-24(25)22-8-4-3-5-9-22/h3-15,21H,16-19H2,1-2H3,(H,27,30)/t21-/m0/s1. The van der Waals surface area contributed by atoms with Crippen molar-refractivity contribution in [2.75, 3.05) is 31.5 Å². The summed E-state index contributed by atoms with van der Waals surface area (Å²) >= 11 is 0. The average molecular weight is 464 g/mol. The number of nitrogens with one attached hydrogen (secondary N) is 1. The van der Waals surface area contributed by atoms with Gasteiger partial charge in [-0.2, -0.15) is 4.31 Å². The molecule has 0 spiro atoms. The summed E-state index contributed by atoms with van der Waals surface area (Å²) < 4.78 is 27.4. The number of anilines is 1. The van der Waals surface area contributed by atoms with Crippen molar-refractivity contribution in [2.24, 2.45) is 0 Å². The SMILES string of the molecule is Cc1ccc(S(=O)(=O)N2CCN([C@@H](C)C(=O)Nc3ccccc3-c3ccccc3)CC2)cc1. The van der Waals surface area contributed by atoms with Crippen LogP contribution < -0.4 is 5.32 Å². The van der Waals surface area contributed by atoms with Gasteiger partial charge in [-0.05, 0) is 37.6 Å². The summed E-state index contributed by atoms with van der Waals surface area (Å²) in [6.45, 7) is 5.51. The Hall–Kier alpha value is -3.00. The monoisotopic (exact) mass is 463 g/mol. The number of sulfonamides is 1. The summed E-state index contributed by atoms with van der Waals surface area (Å²) in [4.78, 5) is 15.4. The summed E-state index contributed by atoms with van der Waals surface area (Å²) in [7, 11) is -3.53. The number of amides is 1. The Labute approximate surface area is 195 Å². The van der Waals surface area contributed by atoms with Gasteiger partial charge in [0.2, 0.25) is 15.9 Å². The van der Waals surface area contributed by atoms with Crippen LogP contribution in [0.2, 0.25) is 0 Å². The highest BCUT2D eigenvalue weighted by Crippen LogP contribution is 2.28. The molecule has 0 unspecified atom stereocenters. The molecule has 1 fully saturated rings. The summed E-state index contributed by atoms with van der Waals surface area (Å²) in [6, 6.07) is 24.2. The molecule has 1 amide bonds. The Bertz CT molecular complexity index is 1200. The molecule has 1 saturated heterocycles. The molecule has 4 rings (SSSR count). The minimum atomic E-state index is -3.53. The number of hydrogen-bond acceptors (Lipinski definition) is 4. The first kappa shape index (κ1) is 23.2. The zero-order chi connectivity index (χ0) is 23.4. The van der Waals surface area contributed by atoms with E-state index < -0.39 is 10.0 Å². The first-order chi connectivity index (χ1) is 15.9. The molecule has 6 nitrogen and oxygen atoms in total. The molecule has 7 heteroatoms. The largest absolute Gasteiger partial charge is 0.324 e. The van der Waals surface area contributed by atoms with E-state index in [1.807, 2.05) is 85.5 Å². The highest BCUT2D eigenvalue weighted by atomic mass is 32.2. The van der Waals surface area contributed by atoms with Crippen LogP contribution in [0.1, 0.15) is 12.5 Å². The second-order valence-corrected chi connectivity index (χ2v) is 10.3. The molecule has 172 valence electrons. The van der Waals surface area contributed by atoms with E-state index in [-0.39, 0.29) is 11.9 Å². The van der Waals surface area contributed by atoms with Gasteiger partial charge in [-0.3, -0.25) is 9.69 Å². The van der Waals surface area contributed by atoms with Crippen molar-refractivity contribution in [1.29, 1.82) is 0 Å². The molecule has 0 bridgehead atoms. The first-order valence-corrected chi connectivity index (χ1v) is 12.6. The minimum Gasteiger partial charge on any atom is -0.324 e. The van der Waals surface area contributed by atoms with E-state index in [4.69, 9.17) is 0 Å². The van der Waals surface area contributed by atoms with Crippen molar-refractivity contribution >= 4 is 21.6 Å². The molecule has 0 radical (unpaired) electrons. The number of nitrogens with zero attached hydrogens (tertiary/aromatic N) is 2. The molecular weight excluding hydrogens is 434 g/mol. The van der Waals surface area contributed by atoms with E-state index in [1.165, 1.54) is 4.31 Å². The topological polar surface area (TPSA) is 69.7 Å². The number of aryl methyl sites for hydroxylation is 1. The number of benzene rings is 3. The number of rotatable bonds is 6. The fourth-order valence-corrected chi connectivity index (χ4v) is 5.48. The second kappa shape index (κ2) is 9.87. The third-order valence-electron chi connectivity index (χ3n) is 6.13. The van der Waals surface area contributed by atoms with E-state index in [0.29, 0.717) is 31.1 Å².